The van der Waals surface area contributed by atoms with E-state index in [9.17, 15) is 24.6 Å². The lowest BCUT2D eigenvalue weighted by Gasteiger charge is -2.35. The maximum Gasteiger partial charge on any atom is 0.319 e. The number of aliphatic hydroxyl groups excluding tert-OH is 1. The molecule has 0 radical (unpaired) electrons. The number of carbonyl (C=O) groups excluding carboxylic acids is 3. The van der Waals surface area contributed by atoms with Gasteiger partial charge in [-0.15, -0.1) is 11.3 Å². The SMILES string of the molecule is Cc1ncsc1-c1ccc([C@H](C)NC(=O)[C@@H]2C[C@@H](O)CN2C(=O)[C@@H](NC(=O)COCC2CCN(CCOc3nc(N4CC5CCC(C5)C4)c4cnc5c(c4n3)C(C)c3cccc4cc(O)cc-5c34)CC2)C(C)(C)C)cc1. The molecule has 6 heterocycles. The highest BCUT2D eigenvalue weighted by Gasteiger charge is 2.45. The maximum atomic E-state index is 14.3. The number of phenols is 1. The molecule has 7 atom stereocenters. The molecule has 5 aliphatic rings. The molecule has 76 heavy (non-hydrogen) atoms. The minimum Gasteiger partial charge on any atom is -0.508 e. The van der Waals surface area contributed by atoms with Crippen molar-refractivity contribution in [1.29, 1.82) is 0 Å². The molecule has 3 amide bonds. The highest BCUT2D eigenvalue weighted by molar-refractivity contribution is 7.13. The summed E-state index contributed by atoms with van der Waals surface area (Å²) in [6, 6.07) is 16.1. The molecular weight excluding hydrogens is 979 g/mol. The topological polar surface area (TPSA) is 195 Å². The van der Waals surface area contributed by atoms with Crippen LogP contribution in [-0.2, 0) is 19.1 Å². The van der Waals surface area contributed by atoms with Crippen molar-refractivity contribution in [1.82, 2.24) is 40.4 Å². The number of fused-ring (bicyclic) bond motifs is 6. The second kappa shape index (κ2) is 21.3. The van der Waals surface area contributed by atoms with Crippen LogP contribution in [0.1, 0.15) is 107 Å². The largest absolute Gasteiger partial charge is 0.508 e. The quantitative estimate of drug-likeness (QED) is 0.0770. The zero-order valence-corrected chi connectivity index (χ0v) is 45.4. The third-order valence-electron chi connectivity index (χ3n) is 16.8. The van der Waals surface area contributed by atoms with E-state index in [0.29, 0.717) is 37.6 Å². The van der Waals surface area contributed by atoms with Gasteiger partial charge in [0, 0.05) is 55.8 Å². The molecule has 11 rings (SSSR count). The van der Waals surface area contributed by atoms with E-state index in [0.717, 1.165) is 105 Å². The number of likely N-dealkylation sites (tertiary alicyclic amines) is 2. The number of hydrogen-bond donors (Lipinski definition) is 4. The summed E-state index contributed by atoms with van der Waals surface area (Å²) in [7, 11) is 0. The Morgan fingerprint density at radius 1 is 0.934 bits per heavy atom. The standard InChI is InChI=1S/C59H71N9O7S/c1-33-44-9-7-8-41-23-42(69)24-45(50(41)44)51-49(33)52-46(26-60-51)55(67-27-37-10-11-38(22-37)28-67)65-58(64-52)75-21-20-66-18-16-36(17-19-66)30-74-31-48(71)63-54(59(4,5)6)57(73)68-29-43(70)25-47(68)56(72)62-34(2)39-12-14-40(15-13-39)53-35(3)61-32-76-53/h7-9,12-15,23-24,26,32-34,36-38,43,47,54,69-70H,10-11,16-22,25,27-31H2,1-6H3,(H,62,72)(H,63,71)/t33?,34-,37?,38?,43+,47-,54+/m0/s1. The van der Waals surface area contributed by atoms with Crippen molar-refractivity contribution in [3.8, 4) is 33.5 Å². The number of aromatic nitrogens is 4. The van der Waals surface area contributed by atoms with E-state index < -0.39 is 35.4 Å². The Kier molecular flexibility index (Phi) is 14.5. The number of β-amino-alcohol motifs (C(OH)–C–C–N with tert-alkyl or cyclic N) is 1. The number of aliphatic hydroxyl groups is 1. The first kappa shape index (κ1) is 51.8. The number of nitrogens with one attached hydrogen (secondary N) is 2. The number of nitrogens with zero attached hydrogens (tertiary/aromatic N) is 7. The van der Waals surface area contributed by atoms with Gasteiger partial charge < -0.3 is 40.1 Å². The van der Waals surface area contributed by atoms with Gasteiger partial charge in [0.05, 0.1) is 51.4 Å². The Labute approximate surface area is 448 Å². The van der Waals surface area contributed by atoms with Crippen molar-refractivity contribution in [2.45, 2.75) is 110 Å². The van der Waals surface area contributed by atoms with E-state index in [4.69, 9.17) is 24.4 Å². The number of phenolic OH excluding ortho intramolecular Hbond substituents is 1. The molecule has 2 bridgehead atoms. The first-order valence-electron chi connectivity index (χ1n) is 27.3. The Morgan fingerprint density at radius 2 is 1.70 bits per heavy atom. The van der Waals surface area contributed by atoms with E-state index in [2.05, 4.69) is 44.5 Å². The summed E-state index contributed by atoms with van der Waals surface area (Å²) in [5.74, 6) is 1.52. The van der Waals surface area contributed by atoms with Gasteiger partial charge in [-0.25, -0.2) is 4.98 Å². The number of aryl methyl sites for hydroxylation is 1. The highest BCUT2D eigenvalue weighted by Crippen LogP contribution is 2.49. The Morgan fingerprint density at radius 3 is 2.42 bits per heavy atom. The lowest BCUT2D eigenvalue weighted by atomic mass is 9.79. The van der Waals surface area contributed by atoms with Crippen molar-refractivity contribution >= 4 is 56.6 Å². The van der Waals surface area contributed by atoms with Gasteiger partial charge >= 0.3 is 6.01 Å². The van der Waals surface area contributed by atoms with Crippen LogP contribution in [0.25, 0.3) is 43.4 Å². The lowest BCUT2D eigenvalue weighted by molar-refractivity contribution is -0.144. The number of amides is 3. The Bertz CT molecular complexity index is 3140. The fourth-order valence-electron chi connectivity index (χ4n) is 12.7. The fraction of sp³-hybridized carbons (Fsp3) is 0.508. The number of aromatic hydroxyl groups is 1. The number of anilines is 1. The molecule has 3 unspecified atom stereocenters. The number of carbonyl (C=O) groups is 3. The van der Waals surface area contributed by atoms with Gasteiger partial charge in [0.15, 0.2) is 0 Å². The van der Waals surface area contributed by atoms with Crippen LogP contribution in [0.3, 0.4) is 0 Å². The molecule has 0 spiro atoms. The zero-order valence-electron chi connectivity index (χ0n) is 44.6. The van der Waals surface area contributed by atoms with Gasteiger partial charge in [0.25, 0.3) is 0 Å². The summed E-state index contributed by atoms with van der Waals surface area (Å²) >= 11 is 1.58. The van der Waals surface area contributed by atoms with Gasteiger partial charge in [-0.05, 0) is 122 Å². The molecule has 3 aromatic carbocycles. The maximum absolute atomic E-state index is 14.3. The molecule has 3 aliphatic heterocycles. The second-order valence-corrected chi connectivity index (χ2v) is 24.1. The van der Waals surface area contributed by atoms with Crippen molar-refractivity contribution in [2.24, 2.45) is 23.2 Å². The van der Waals surface area contributed by atoms with Crippen LogP contribution >= 0.6 is 11.3 Å². The molecule has 1 saturated carbocycles. The van der Waals surface area contributed by atoms with Gasteiger partial charge in [-0.2, -0.15) is 9.97 Å². The summed E-state index contributed by atoms with van der Waals surface area (Å²) in [6.45, 7) is 16.7. The number of rotatable bonds is 15. The summed E-state index contributed by atoms with van der Waals surface area (Å²) in [5, 5.41) is 30.6. The van der Waals surface area contributed by atoms with E-state index in [1.54, 1.807) is 11.3 Å². The van der Waals surface area contributed by atoms with Crippen LogP contribution in [0.15, 0.2) is 66.3 Å². The first-order chi connectivity index (χ1) is 36.6. The van der Waals surface area contributed by atoms with Crippen LogP contribution in [0, 0.1) is 30.1 Å². The summed E-state index contributed by atoms with van der Waals surface area (Å²) in [4.78, 5) is 68.6. The number of hydrogen-bond acceptors (Lipinski definition) is 14. The van der Waals surface area contributed by atoms with Crippen LogP contribution < -0.4 is 20.3 Å². The van der Waals surface area contributed by atoms with Crippen LogP contribution in [0.2, 0.25) is 0 Å². The van der Waals surface area contributed by atoms with Crippen LogP contribution in [0.4, 0.5) is 5.82 Å². The molecule has 3 aromatic heterocycles. The van der Waals surface area contributed by atoms with Crippen molar-refractivity contribution in [3.63, 3.8) is 0 Å². The number of piperidine rings is 2. The molecule has 4 N–H and O–H groups in total. The minimum atomic E-state index is -0.949. The second-order valence-electron chi connectivity index (χ2n) is 23.3. The minimum absolute atomic E-state index is 0.00480. The van der Waals surface area contributed by atoms with E-state index in [1.807, 2.05) is 88.8 Å². The number of pyridine rings is 1. The smallest absolute Gasteiger partial charge is 0.319 e. The van der Waals surface area contributed by atoms with E-state index in [-0.39, 0.29) is 49.1 Å². The lowest BCUT2D eigenvalue weighted by Crippen LogP contribution is -2.58. The van der Waals surface area contributed by atoms with E-state index in [1.165, 1.54) is 29.7 Å². The van der Waals surface area contributed by atoms with Crippen LogP contribution in [0.5, 0.6) is 11.8 Å². The number of thiazole rings is 1. The van der Waals surface area contributed by atoms with Crippen molar-refractivity contribution in [3.05, 3.63) is 88.7 Å². The van der Waals surface area contributed by atoms with Gasteiger partial charge in [-0.1, -0.05) is 70.2 Å². The molecule has 400 valence electrons. The van der Waals surface area contributed by atoms with Gasteiger partial charge in [0.2, 0.25) is 17.7 Å². The third-order valence-corrected chi connectivity index (χ3v) is 17.8. The number of benzene rings is 3. The average molecular weight is 1050 g/mol. The molecule has 16 nitrogen and oxygen atoms in total. The average Bonchev–Trinajstić information content (AvgIpc) is 4.20. The summed E-state index contributed by atoms with van der Waals surface area (Å²) < 4.78 is 12.5. The molecule has 17 heteroatoms. The highest BCUT2D eigenvalue weighted by atomic mass is 32.1. The van der Waals surface area contributed by atoms with Gasteiger partial charge in [0.1, 0.15) is 36.9 Å². The summed E-state index contributed by atoms with van der Waals surface area (Å²) in [5.41, 5.74) is 8.90. The van der Waals surface area contributed by atoms with E-state index >= 15 is 0 Å². The van der Waals surface area contributed by atoms with Crippen LogP contribution in [-0.4, -0.2) is 135 Å². The summed E-state index contributed by atoms with van der Waals surface area (Å²) in [6.07, 6.45) is 6.75. The van der Waals surface area contributed by atoms with Gasteiger partial charge in [-0.3, -0.25) is 24.3 Å². The Hall–Kier alpha value is -6.27. The molecular formula is C59H71N9O7S. The fourth-order valence-corrected chi connectivity index (χ4v) is 13.5. The Balaban J connectivity index is 0.679. The predicted octanol–water partition coefficient (Wildman–Crippen LogP) is 8.16. The molecule has 3 saturated heterocycles. The molecule has 4 fully saturated rings. The zero-order chi connectivity index (χ0) is 53.0. The van der Waals surface area contributed by atoms with Crippen molar-refractivity contribution < 1.29 is 34.1 Å². The third kappa shape index (κ3) is 10.5. The molecule has 2 aliphatic carbocycles. The normalized spacial score (nSPS) is 22.4. The number of ether oxygens (including phenoxy) is 2. The van der Waals surface area contributed by atoms with Crippen molar-refractivity contribution in [2.75, 3.05) is 64.0 Å². The predicted molar refractivity (Wildman–Crippen MR) is 294 cm³/mol. The molecule has 6 aromatic rings. The first-order valence-corrected chi connectivity index (χ1v) is 28.2. The monoisotopic (exact) mass is 1050 g/mol.